The number of benzene rings is 12. The Kier molecular flexibility index (Phi) is 11.8. The highest BCUT2D eigenvalue weighted by molar-refractivity contribution is 6.07. The third-order valence-corrected chi connectivity index (χ3v) is 16.3. The Morgan fingerprint density at radius 1 is 0.250 bits per heavy atom. The quantitative estimate of drug-likeness (QED) is 0.129. The average Bonchev–Trinajstić information content (AvgIpc) is 3.04. The molecule has 394 valence electrons. The van der Waals surface area contributed by atoms with Gasteiger partial charge in [-0.3, -0.25) is 9.80 Å². The maximum Gasteiger partial charge on any atom is 0.229 e. The number of aromatic nitrogens is 2. The summed E-state index contributed by atoms with van der Waals surface area (Å²) in [6.45, 7) is 0. The monoisotopic (exact) mass is 1070 g/mol. The second-order valence-corrected chi connectivity index (χ2v) is 21.3. The first-order chi connectivity index (χ1) is 41.6. The van der Waals surface area contributed by atoms with Crippen LogP contribution >= 0.6 is 0 Å². The molecule has 0 atom stereocenters. The van der Waals surface area contributed by atoms with E-state index in [0.717, 1.165) is 139 Å². The molecule has 0 amide bonds. The van der Waals surface area contributed by atoms with Crippen molar-refractivity contribution in [3.05, 3.63) is 303 Å². The molecule has 0 aliphatic rings. The standard InChI is InChI=1S/C78H50N4O2/c1-4-16-51(17-5-1)54-32-36-61(37-33-54)81(76-43-42-69-67-24-12-15-27-74(67)84-78(69)80-76)63-40-41-66-60(46-63)44-59(52-18-6-2-7-19-52)47-70(66)57-30-28-53(29-31-57)55-34-38-62(39-35-55)82(77-49-75-72(50-79-77)68-25-13-14-26-73(68)83-75)64-45-58-22-10-11-23-65(58)71(48-64)56-20-8-3-9-21-56/h1-50H. The first kappa shape index (κ1) is 48.6. The minimum atomic E-state index is 0.601. The molecule has 0 saturated carbocycles. The molecular formula is C78H50N4O2. The minimum Gasteiger partial charge on any atom is -0.456 e. The zero-order chi connectivity index (χ0) is 55.5. The third-order valence-electron chi connectivity index (χ3n) is 16.3. The Morgan fingerprint density at radius 3 is 1.39 bits per heavy atom. The van der Waals surface area contributed by atoms with E-state index in [1.165, 1.54) is 10.9 Å². The van der Waals surface area contributed by atoms with Gasteiger partial charge in [-0.2, -0.15) is 4.98 Å². The second kappa shape index (κ2) is 20.3. The van der Waals surface area contributed by atoms with Crippen LogP contribution in [0.3, 0.4) is 0 Å². The van der Waals surface area contributed by atoms with Crippen molar-refractivity contribution < 1.29 is 8.83 Å². The van der Waals surface area contributed by atoms with Crippen LogP contribution in [0.4, 0.5) is 34.4 Å². The molecular weight excluding hydrogens is 1020 g/mol. The average molecular weight is 1080 g/mol. The van der Waals surface area contributed by atoms with Gasteiger partial charge in [0, 0.05) is 56.6 Å². The van der Waals surface area contributed by atoms with Crippen molar-refractivity contribution in [2.45, 2.75) is 0 Å². The fourth-order valence-electron chi connectivity index (χ4n) is 12.2. The summed E-state index contributed by atoms with van der Waals surface area (Å²) in [6, 6.07) is 105. The lowest BCUT2D eigenvalue weighted by atomic mass is 9.91. The highest BCUT2D eigenvalue weighted by atomic mass is 16.3. The first-order valence-electron chi connectivity index (χ1n) is 28.3. The van der Waals surface area contributed by atoms with Gasteiger partial charge in [0.2, 0.25) is 5.71 Å². The molecule has 0 saturated heterocycles. The summed E-state index contributed by atoms with van der Waals surface area (Å²) in [5.74, 6) is 1.52. The SMILES string of the molecule is c1ccc(-c2ccc(N(c3ccc4c(-c5ccc(-c6ccc(N(c7cc(-c8ccccc8)c8ccccc8c7)c7cc8oc9ccccc9c8cn7)cc6)cc5)cc(-c5ccccc5)cc4c3)c3ccc4c(n3)oc3ccccc34)cc2)cc1. The second-order valence-electron chi connectivity index (χ2n) is 21.3. The van der Waals surface area contributed by atoms with Crippen molar-refractivity contribution in [2.24, 2.45) is 0 Å². The van der Waals surface area contributed by atoms with Gasteiger partial charge < -0.3 is 8.83 Å². The molecule has 4 heterocycles. The predicted molar refractivity (Wildman–Crippen MR) is 348 cm³/mol. The molecule has 4 aromatic heterocycles. The molecule has 84 heavy (non-hydrogen) atoms. The van der Waals surface area contributed by atoms with E-state index in [1.54, 1.807) is 0 Å². The molecule has 0 radical (unpaired) electrons. The van der Waals surface area contributed by atoms with E-state index in [1.807, 2.05) is 42.6 Å². The Morgan fingerprint density at radius 2 is 0.714 bits per heavy atom. The van der Waals surface area contributed by atoms with Gasteiger partial charge >= 0.3 is 0 Å². The summed E-state index contributed by atoms with van der Waals surface area (Å²) < 4.78 is 12.8. The zero-order valence-electron chi connectivity index (χ0n) is 45.5. The number of para-hydroxylation sites is 2. The molecule has 6 nitrogen and oxygen atoms in total. The maximum atomic E-state index is 6.46. The molecule has 0 unspecified atom stereocenters. The number of furan rings is 2. The van der Waals surface area contributed by atoms with Crippen LogP contribution in [-0.2, 0) is 0 Å². The number of anilines is 6. The number of fused-ring (bicyclic) bond motifs is 8. The first-order valence-corrected chi connectivity index (χ1v) is 28.3. The topological polar surface area (TPSA) is 58.5 Å². The van der Waals surface area contributed by atoms with Crippen LogP contribution < -0.4 is 9.80 Å². The van der Waals surface area contributed by atoms with Gasteiger partial charge in [0.1, 0.15) is 28.4 Å². The van der Waals surface area contributed by atoms with Crippen molar-refractivity contribution in [2.75, 3.05) is 9.80 Å². The molecule has 12 aromatic carbocycles. The van der Waals surface area contributed by atoms with Crippen LogP contribution in [0.25, 0.3) is 121 Å². The molecule has 0 fully saturated rings. The fourth-order valence-corrected chi connectivity index (χ4v) is 12.2. The van der Waals surface area contributed by atoms with Gasteiger partial charge in [-0.25, -0.2) is 4.98 Å². The summed E-state index contributed by atoms with van der Waals surface area (Å²) in [5.41, 5.74) is 18.4. The summed E-state index contributed by atoms with van der Waals surface area (Å²) >= 11 is 0. The lowest BCUT2D eigenvalue weighted by Gasteiger charge is -2.26. The van der Waals surface area contributed by atoms with Crippen LogP contribution in [0.2, 0.25) is 0 Å². The Balaban J connectivity index is 0.779. The molecule has 0 spiro atoms. The number of pyridine rings is 2. The van der Waals surface area contributed by atoms with Gasteiger partial charge in [-0.05, 0) is 162 Å². The number of rotatable bonds is 11. The van der Waals surface area contributed by atoms with Gasteiger partial charge in [0.25, 0.3) is 0 Å². The third kappa shape index (κ3) is 8.69. The minimum absolute atomic E-state index is 0.601. The number of nitrogens with zero attached hydrogens (tertiary/aromatic N) is 4. The summed E-state index contributed by atoms with van der Waals surface area (Å²) in [6.07, 6.45) is 1.94. The molecule has 0 bridgehead atoms. The highest BCUT2D eigenvalue weighted by Gasteiger charge is 2.22. The lowest BCUT2D eigenvalue weighted by molar-refractivity contribution is 0.654. The molecule has 16 rings (SSSR count). The van der Waals surface area contributed by atoms with Crippen molar-refractivity contribution in [3.8, 4) is 55.6 Å². The van der Waals surface area contributed by atoms with E-state index in [-0.39, 0.29) is 0 Å². The van der Waals surface area contributed by atoms with E-state index < -0.39 is 0 Å². The van der Waals surface area contributed by atoms with E-state index in [4.69, 9.17) is 18.8 Å². The molecule has 0 aliphatic carbocycles. The molecule has 6 heteroatoms. The molecule has 0 aliphatic heterocycles. The normalized spacial score (nSPS) is 11.6. The van der Waals surface area contributed by atoms with Crippen molar-refractivity contribution in [1.29, 1.82) is 0 Å². The number of hydrogen-bond donors (Lipinski definition) is 0. The van der Waals surface area contributed by atoms with Crippen LogP contribution in [0.1, 0.15) is 0 Å². The predicted octanol–water partition coefficient (Wildman–Crippen LogP) is 21.9. The van der Waals surface area contributed by atoms with Crippen LogP contribution in [0.15, 0.2) is 312 Å². The molecule has 16 aromatic rings. The largest absolute Gasteiger partial charge is 0.456 e. The van der Waals surface area contributed by atoms with E-state index >= 15 is 0 Å². The summed E-state index contributed by atoms with van der Waals surface area (Å²) in [7, 11) is 0. The zero-order valence-corrected chi connectivity index (χ0v) is 45.5. The van der Waals surface area contributed by atoms with Crippen LogP contribution in [0, 0.1) is 0 Å². The lowest BCUT2D eigenvalue weighted by Crippen LogP contribution is -2.11. The van der Waals surface area contributed by atoms with Crippen LogP contribution in [-0.4, -0.2) is 9.97 Å². The fraction of sp³-hybridized carbons (Fsp3) is 0. The van der Waals surface area contributed by atoms with Crippen LogP contribution in [0.5, 0.6) is 0 Å². The van der Waals surface area contributed by atoms with E-state index in [0.29, 0.717) is 5.71 Å². The Labute approximate surface area is 485 Å². The summed E-state index contributed by atoms with van der Waals surface area (Å²) in [4.78, 5) is 14.9. The number of hydrogen-bond acceptors (Lipinski definition) is 6. The van der Waals surface area contributed by atoms with E-state index in [9.17, 15) is 0 Å². The van der Waals surface area contributed by atoms with Crippen molar-refractivity contribution in [3.63, 3.8) is 0 Å². The molecule has 0 N–H and O–H groups in total. The van der Waals surface area contributed by atoms with Crippen molar-refractivity contribution in [1.82, 2.24) is 9.97 Å². The van der Waals surface area contributed by atoms with Gasteiger partial charge in [0.05, 0.1) is 0 Å². The van der Waals surface area contributed by atoms with Gasteiger partial charge in [-0.15, -0.1) is 0 Å². The highest BCUT2D eigenvalue weighted by Crippen LogP contribution is 2.45. The Bertz CT molecular complexity index is 5120. The summed E-state index contributed by atoms with van der Waals surface area (Å²) in [5, 5.41) is 8.66. The van der Waals surface area contributed by atoms with Gasteiger partial charge in [0.15, 0.2) is 0 Å². The maximum absolute atomic E-state index is 6.46. The van der Waals surface area contributed by atoms with Crippen molar-refractivity contribution >= 4 is 99.9 Å². The van der Waals surface area contributed by atoms with E-state index in [2.05, 4.69) is 271 Å². The Hall–Kier alpha value is -11.3. The van der Waals surface area contributed by atoms with Gasteiger partial charge in [-0.1, -0.05) is 206 Å². The smallest absolute Gasteiger partial charge is 0.229 e.